The second-order valence-corrected chi connectivity index (χ2v) is 5.39. The molecule has 1 rings (SSSR count). The molecule has 2 heteroatoms. The Balaban J connectivity index is 2.75. The molecule has 2 atom stereocenters. The van der Waals surface area contributed by atoms with Crippen LogP contribution in [0.3, 0.4) is 0 Å². The molecule has 1 aromatic carbocycles. The van der Waals surface area contributed by atoms with Gasteiger partial charge in [-0.05, 0) is 43.5 Å². The molecule has 0 saturated heterocycles. The fourth-order valence-corrected chi connectivity index (χ4v) is 2.45. The van der Waals surface area contributed by atoms with Crippen LogP contribution in [0.1, 0.15) is 50.3 Å². The van der Waals surface area contributed by atoms with Gasteiger partial charge in [-0.3, -0.25) is 0 Å². The molecule has 0 saturated carbocycles. The van der Waals surface area contributed by atoms with E-state index in [1.807, 2.05) is 14.0 Å². The molecule has 96 valence electrons. The van der Waals surface area contributed by atoms with Crippen molar-refractivity contribution in [2.24, 2.45) is 5.92 Å². The minimum absolute atomic E-state index is 0.412. The summed E-state index contributed by atoms with van der Waals surface area (Å²) in [6, 6.07) is 6.79. The van der Waals surface area contributed by atoms with Crippen molar-refractivity contribution in [1.29, 1.82) is 0 Å². The fourth-order valence-electron chi connectivity index (χ4n) is 2.26. The summed E-state index contributed by atoms with van der Waals surface area (Å²) >= 11 is 6.18. The number of halogens is 1. The zero-order valence-electron chi connectivity index (χ0n) is 11.4. The maximum Gasteiger partial charge on any atom is 0.0438 e. The monoisotopic (exact) mass is 253 g/mol. The van der Waals surface area contributed by atoms with Gasteiger partial charge in [-0.1, -0.05) is 50.4 Å². The molecular formula is C15H24ClN. The standard InChI is InChI=1S/C15H24ClN/c1-5-6-11(2)9-15(17-4)13-8-7-12(3)14(16)10-13/h7-8,10-11,15,17H,5-6,9H2,1-4H3. The van der Waals surface area contributed by atoms with E-state index in [2.05, 4.69) is 37.4 Å². The molecule has 0 spiro atoms. The summed E-state index contributed by atoms with van der Waals surface area (Å²) in [6.45, 7) is 6.61. The molecular weight excluding hydrogens is 230 g/mol. The highest BCUT2D eigenvalue weighted by molar-refractivity contribution is 6.31. The highest BCUT2D eigenvalue weighted by atomic mass is 35.5. The van der Waals surface area contributed by atoms with Crippen molar-refractivity contribution in [2.45, 2.75) is 46.1 Å². The molecule has 0 bridgehead atoms. The highest BCUT2D eigenvalue weighted by Crippen LogP contribution is 2.26. The van der Waals surface area contributed by atoms with Crippen LogP contribution in [0, 0.1) is 12.8 Å². The molecule has 0 amide bonds. The van der Waals surface area contributed by atoms with E-state index in [9.17, 15) is 0 Å². The van der Waals surface area contributed by atoms with Crippen molar-refractivity contribution < 1.29 is 0 Å². The van der Waals surface area contributed by atoms with Crippen LogP contribution in [0.2, 0.25) is 5.02 Å². The molecule has 0 aromatic heterocycles. The predicted molar refractivity (Wildman–Crippen MR) is 76.7 cm³/mol. The third-order valence-electron chi connectivity index (χ3n) is 3.37. The average Bonchev–Trinajstić information content (AvgIpc) is 2.30. The minimum Gasteiger partial charge on any atom is -0.313 e. The Kier molecular flexibility index (Phi) is 6.01. The summed E-state index contributed by atoms with van der Waals surface area (Å²) < 4.78 is 0. The summed E-state index contributed by atoms with van der Waals surface area (Å²) in [4.78, 5) is 0. The number of nitrogens with one attached hydrogen (secondary N) is 1. The lowest BCUT2D eigenvalue weighted by Gasteiger charge is -2.21. The lowest BCUT2D eigenvalue weighted by atomic mass is 9.93. The van der Waals surface area contributed by atoms with Gasteiger partial charge in [0.1, 0.15) is 0 Å². The molecule has 17 heavy (non-hydrogen) atoms. The Morgan fingerprint density at radius 3 is 2.59 bits per heavy atom. The van der Waals surface area contributed by atoms with Crippen LogP contribution in [-0.4, -0.2) is 7.05 Å². The smallest absolute Gasteiger partial charge is 0.0438 e. The van der Waals surface area contributed by atoms with Gasteiger partial charge in [0.15, 0.2) is 0 Å². The van der Waals surface area contributed by atoms with E-state index < -0.39 is 0 Å². The first-order valence-electron chi connectivity index (χ1n) is 6.51. The Hall–Kier alpha value is -0.530. The molecule has 1 aromatic rings. The maximum absolute atomic E-state index is 6.18. The normalized spacial score (nSPS) is 14.6. The second-order valence-electron chi connectivity index (χ2n) is 4.98. The van der Waals surface area contributed by atoms with E-state index in [1.54, 1.807) is 0 Å². The van der Waals surface area contributed by atoms with Gasteiger partial charge < -0.3 is 5.32 Å². The van der Waals surface area contributed by atoms with E-state index in [1.165, 1.54) is 24.8 Å². The van der Waals surface area contributed by atoms with Crippen LogP contribution < -0.4 is 5.32 Å². The van der Waals surface area contributed by atoms with E-state index in [0.29, 0.717) is 6.04 Å². The van der Waals surface area contributed by atoms with Crippen LogP contribution in [0.25, 0.3) is 0 Å². The molecule has 2 unspecified atom stereocenters. The van der Waals surface area contributed by atoms with Gasteiger partial charge in [-0.2, -0.15) is 0 Å². The SMILES string of the molecule is CCCC(C)CC(NC)c1ccc(C)c(Cl)c1. The first-order chi connectivity index (χ1) is 8.08. The predicted octanol–water partition coefficient (Wildman–Crippen LogP) is 4.74. The lowest BCUT2D eigenvalue weighted by Crippen LogP contribution is -2.19. The maximum atomic E-state index is 6.18. The fraction of sp³-hybridized carbons (Fsp3) is 0.600. The minimum atomic E-state index is 0.412. The zero-order chi connectivity index (χ0) is 12.8. The summed E-state index contributed by atoms with van der Waals surface area (Å²) in [7, 11) is 2.02. The highest BCUT2D eigenvalue weighted by Gasteiger charge is 2.13. The van der Waals surface area contributed by atoms with Gasteiger partial charge in [0, 0.05) is 11.1 Å². The molecule has 1 nitrogen and oxygen atoms in total. The summed E-state index contributed by atoms with van der Waals surface area (Å²) in [6.07, 6.45) is 3.72. The zero-order valence-corrected chi connectivity index (χ0v) is 12.1. The molecule has 0 aliphatic carbocycles. The first kappa shape index (κ1) is 14.5. The number of rotatable bonds is 6. The average molecular weight is 254 g/mol. The van der Waals surface area contributed by atoms with Crippen molar-refractivity contribution in [3.8, 4) is 0 Å². The summed E-state index contributed by atoms with van der Waals surface area (Å²) in [5, 5.41) is 4.26. The second kappa shape index (κ2) is 7.03. The van der Waals surface area contributed by atoms with Crippen molar-refractivity contribution in [2.75, 3.05) is 7.05 Å². The van der Waals surface area contributed by atoms with Crippen LogP contribution in [0.5, 0.6) is 0 Å². The number of aryl methyl sites for hydroxylation is 1. The van der Waals surface area contributed by atoms with Gasteiger partial charge >= 0.3 is 0 Å². The Labute approximate surface area is 111 Å². The van der Waals surface area contributed by atoms with E-state index in [4.69, 9.17) is 11.6 Å². The van der Waals surface area contributed by atoms with Gasteiger partial charge in [0.25, 0.3) is 0 Å². The van der Waals surface area contributed by atoms with E-state index in [-0.39, 0.29) is 0 Å². The topological polar surface area (TPSA) is 12.0 Å². The van der Waals surface area contributed by atoms with Crippen LogP contribution in [0.4, 0.5) is 0 Å². The molecule has 0 aliphatic heterocycles. The lowest BCUT2D eigenvalue weighted by molar-refractivity contribution is 0.407. The van der Waals surface area contributed by atoms with Gasteiger partial charge in [-0.15, -0.1) is 0 Å². The summed E-state index contributed by atoms with van der Waals surface area (Å²) in [5.41, 5.74) is 2.44. The Bertz CT molecular complexity index is 349. The number of benzene rings is 1. The van der Waals surface area contributed by atoms with Gasteiger partial charge in [0.2, 0.25) is 0 Å². The molecule has 1 N–H and O–H groups in total. The molecule has 0 radical (unpaired) electrons. The molecule has 0 heterocycles. The van der Waals surface area contributed by atoms with Crippen LogP contribution in [0.15, 0.2) is 18.2 Å². The quantitative estimate of drug-likeness (QED) is 0.773. The summed E-state index contributed by atoms with van der Waals surface area (Å²) in [5.74, 6) is 0.748. The number of hydrogen-bond acceptors (Lipinski definition) is 1. The van der Waals surface area contributed by atoms with Gasteiger partial charge in [0.05, 0.1) is 0 Å². The van der Waals surface area contributed by atoms with Crippen LogP contribution >= 0.6 is 11.6 Å². The van der Waals surface area contributed by atoms with Crippen molar-refractivity contribution in [1.82, 2.24) is 5.32 Å². The van der Waals surface area contributed by atoms with E-state index in [0.717, 1.165) is 16.5 Å². The third kappa shape index (κ3) is 4.33. The number of hydrogen-bond donors (Lipinski definition) is 1. The largest absolute Gasteiger partial charge is 0.313 e. The van der Waals surface area contributed by atoms with Gasteiger partial charge in [-0.25, -0.2) is 0 Å². The van der Waals surface area contributed by atoms with Crippen molar-refractivity contribution >= 4 is 11.6 Å². The Morgan fingerprint density at radius 1 is 1.35 bits per heavy atom. The first-order valence-corrected chi connectivity index (χ1v) is 6.89. The molecule has 0 fully saturated rings. The van der Waals surface area contributed by atoms with Crippen molar-refractivity contribution in [3.05, 3.63) is 34.3 Å². The van der Waals surface area contributed by atoms with Crippen LogP contribution in [-0.2, 0) is 0 Å². The third-order valence-corrected chi connectivity index (χ3v) is 3.77. The Morgan fingerprint density at radius 2 is 2.06 bits per heavy atom. The molecule has 0 aliphatic rings. The van der Waals surface area contributed by atoms with Crippen molar-refractivity contribution in [3.63, 3.8) is 0 Å². The van der Waals surface area contributed by atoms with E-state index >= 15 is 0 Å².